The van der Waals surface area contributed by atoms with Gasteiger partial charge in [-0.1, -0.05) is 47.5 Å². The van der Waals surface area contributed by atoms with E-state index in [1.165, 1.54) is 0 Å². The molecule has 0 radical (unpaired) electrons. The molecule has 0 bridgehead atoms. The van der Waals surface area contributed by atoms with Gasteiger partial charge in [-0.05, 0) is 35.9 Å². The monoisotopic (exact) mass is 510 g/mol. The number of hydrogen-bond donors (Lipinski definition) is 3. The van der Waals surface area contributed by atoms with Crippen LogP contribution in [0.2, 0.25) is 10.0 Å². The van der Waals surface area contributed by atoms with Crippen molar-refractivity contribution in [2.24, 2.45) is 0 Å². The maximum Gasteiger partial charge on any atom is 0.357 e. The minimum Gasteiger partial charge on any atom is -0.476 e. The second-order valence-electron chi connectivity index (χ2n) is 6.78. The predicted octanol–water partition coefficient (Wildman–Crippen LogP) is 4.21. The van der Waals surface area contributed by atoms with E-state index in [0.717, 1.165) is 11.1 Å². The van der Waals surface area contributed by atoms with Crippen LogP contribution in [0.5, 0.6) is 0 Å². The summed E-state index contributed by atoms with van der Waals surface area (Å²) >= 11 is 12.0. The molecule has 0 atom stereocenters. The highest BCUT2D eigenvalue weighted by Crippen LogP contribution is 2.24. The van der Waals surface area contributed by atoms with Gasteiger partial charge in [0.05, 0.1) is 12.1 Å². The lowest BCUT2D eigenvalue weighted by molar-refractivity contribution is 0.0691. The van der Waals surface area contributed by atoms with Crippen LogP contribution in [0.25, 0.3) is 10.9 Å². The average molecular weight is 511 g/mol. The lowest BCUT2D eigenvalue weighted by Gasteiger charge is -2.06. The van der Waals surface area contributed by atoms with Crippen molar-refractivity contribution in [3.8, 4) is 0 Å². The number of benzene rings is 2. The molecule has 0 fully saturated rings. The highest BCUT2D eigenvalue weighted by molar-refractivity contribution is 6.35. The van der Waals surface area contributed by atoms with Gasteiger partial charge in [-0.15, -0.1) is 0 Å². The first-order chi connectivity index (χ1) is 16.8. The summed E-state index contributed by atoms with van der Waals surface area (Å²) in [4.78, 5) is 25.9. The number of rotatable bonds is 3. The molecule has 0 amide bonds. The van der Waals surface area contributed by atoms with Gasteiger partial charge >= 0.3 is 5.97 Å². The van der Waals surface area contributed by atoms with Gasteiger partial charge in [-0.2, -0.15) is 5.10 Å². The highest BCUT2D eigenvalue weighted by atomic mass is 35.5. The van der Waals surface area contributed by atoms with E-state index in [-0.39, 0.29) is 5.69 Å². The van der Waals surface area contributed by atoms with Crippen molar-refractivity contribution in [3.05, 3.63) is 101 Å². The molecule has 5 rings (SSSR count). The number of aromatic nitrogens is 6. The Morgan fingerprint density at radius 2 is 1.43 bits per heavy atom. The number of anilines is 2. The first-order valence-electron chi connectivity index (χ1n) is 10.0. The van der Waals surface area contributed by atoms with Crippen LogP contribution in [-0.2, 0) is 6.54 Å². The number of nitrogens with zero attached hydrogens (tertiary/aromatic N) is 6. The smallest absolute Gasteiger partial charge is 0.357 e. The van der Waals surface area contributed by atoms with Gasteiger partial charge in [0.2, 0.25) is 11.9 Å². The number of carboxylic acid groups (broad SMARTS) is 1. The highest BCUT2D eigenvalue weighted by Gasteiger charge is 2.16. The van der Waals surface area contributed by atoms with E-state index in [2.05, 4.69) is 25.0 Å². The van der Waals surface area contributed by atoms with Crippen LogP contribution in [0, 0.1) is 0 Å². The molecule has 12 heteroatoms. The van der Waals surface area contributed by atoms with Crippen LogP contribution < -0.4 is 11.5 Å². The molecule has 0 aliphatic carbocycles. The van der Waals surface area contributed by atoms with Gasteiger partial charge < -0.3 is 16.6 Å². The van der Waals surface area contributed by atoms with Gasteiger partial charge in [-0.3, -0.25) is 4.68 Å². The fraction of sp³-hybridized carbons (Fsp3) is 0.0435. The topological polar surface area (TPSA) is 159 Å². The van der Waals surface area contributed by atoms with E-state index in [1.54, 1.807) is 65.9 Å². The molecule has 178 valence electrons. The number of para-hydroxylation sites is 1. The second-order valence-corrected chi connectivity index (χ2v) is 7.62. The Morgan fingerprint density at radius 3 is 1.91 bits per heavy atom. The Morgan fingerprint density at radius 1 is 0.857 bits per heavy atom. The van der Waals surface area contributed by atoms with Crippen molar-refractivity contribution in [2.75, 3.05) is 11.5 Å². The molecule has 0 spiro atoms. The molecule has 5 N–H and O–H groups in total. The Hall–Kier alpha value is -4.28. The number of aromatic carboxylic acids is 1. The van der Waals surface area contributed by atoms with E-state index in [9.17, 15) is 9.90 Å². The number of nitrogen functional groups attached to an aromatic ring is 2. The molecule has 5 aromatic rings. The van der Waals surface area contributed by atoms with Crippen molar-refractivity contribution in [1.29, 1.82) is 0 Å². The Labute approximate surface area is 210 Å². The summed E-state index contributed by atoms with van der Waals surface area (Å²) in [5.74, 6) is -0.405. The summed E-state index contributed by atoms with van der Waals surface area (Å²) in [6.45, 7) is 0.379. The molecule has 0 aliphatic heterocycles. The maximum absolute atomic E-state index is 11.3. The molecule has 3 aromatic heterocycles. The zero-order chi connectivity index (χ0) is 25.2. The van der Waals surface area contributed by atoms with Crippen molar-refractivity contribution >= 4 is 52.0 Å². The fourth-order valence-electron chi connectivity index (χ4n) is 2.84. The quantitative estimate of drug-likeness (QED) is 0.323. The Bertz CT molecular complexity index is 1360. The number of carbonyl (C=O) groups is 1. The molecule has 0 saturated heterocycles. The van der Waals surface area contributed by atoms with Crippen molar-refractivity contribution in [3.63, 3.8) is 0 Å². The molecule has 3 heterocycles. The van der Waals surface area contributed by atoms with Crippen molar-refractivity contribution < 1.29 is 9.90 Å². The summed E-state index contributed by atoms with van der Waals surface area (Å²) in [6, 6.07) is 15.8. The molecule has 2 aromatic carbocycles. The number of fused-ring (bicyclic) bond motifs is 1. The summed E-state index contributed by atoms with van der Waals surface area (Å²) < 4.78 is 1.63. The van der Waals surface area contributed by atoms with E-state index in [4.69, 9.17) is 34.7 Å². The van der Waals surface area contributed by atoms with Crippen LogP contribution in [0.15, 0.2) is 79.4 Å². The third kappa shape index (κ3) is 7.36. The van der Waals surface area contributed by atoms with E-state index in [0.29, 0.717) is 33.9 Å². The molecular formula is C23H20Cl2N8O2. The summed E-state index contributed by atoms with van der Waals surface area (Å²) in [7, 11) is 0. The fourth-order valence-corrected chi connectivity index (χ4v) is 3.31. The average Bonchev–Trinajstić information content (AvgIpc) is 3.22. The van der Waals surface area contributed by atoms with Gasteiger partial charge in [0.25, 0.3) is 0 Å². The van der Waals surface area contributed by atoms with Crippen LogP contribution in [-0.4, -0.2) is 40.8 Å². The minimum atomic E-state index is -1.05. The summed E-state index contributed by atoms with van der Waals surface area (Å²) in [6.07, 6.45) is 6.40. The van der Waals surface area contributed by atoms with Gasteiger partial charge in [0.15, 0.2) is 5.69 Å². The molecular weight excluding hydrogens is 491 g/mol. The third-order valence-corrected chi connectivity index (χ3v) is 4.95. The molecule has 0 unspecified atom stereocenters. The van der Waals surface area contributed by atoms with Gasteiger partial charge in [0.1, 0.15) is 0 Å². The maximum atomic E-state index is 11.3. The predicted molar refractivity (Wildman–Crippen MR) is 135 cm³/mol. The standard InChI is InChI=1S/C15H10Cl2N2O2.2C4H5N3/c16-10-6-5-9(12(17)7-10)8-19-13-4-2-1-3-11(13)14(18-19)15(20)21;2*5-4-6-2-1-3-7-4/h1-7H,8H2,(H,20,21);2*1-3H,(H2,5,6,7). The second kappa shape index (κ2) is 12.3. The molecule has 0 saturated carbocycles. The van der Waals surface area contributed by atoms with Gasteiger partial charge in [-0.25, -0.2) is 24.7 Å². The van der Waals surface area contributed by atoms with Gasteiger partial charge in [0, 0.05) is 40.2 Å². The van der Waals surface area contributed by atoms with Crippen molar-refractivity contribution in [2.45, 2.75) is 6.54 Å². The lowest BCUT2D eigenvalue weighted by Crippen LogP contribution is -2.05. The Kier molecular flexibility index (Phi) is 8.88. The molecule has 35 heavy (non-hydrogen) atoms. The number of nitrogens with two attached hydrogens (primary N) is 2. The number of halogens is 2. The first kappa shape index (κ1) is 25.3. The largest absolute Gasteiger partial charge is 0.476 e. The number of hydrogen-bond acceptors (Lipinski definition) is 8. The third-order valence-electron chi connectivity index (χ3n) is 4.37. The SMILES string of the molecule is Nc1ncccn1.Nc1ncccn1.O=C(O)c1nn(Cc2ccc(Cl)cc2Cl)c2ccccc12. The normalized spacial score (nSPS) is 10.0. The molecule has 10 nitrogen and oxygen atoms in total. The van der Waals surface area contributed by atoms with E-state index in [1.807, 2.05) is 18.2 Å². The van der Waals surface area contributed by atoms with Crippen molar-refractivity contribution in [1.82, 2.24) is 29.7 Å². The minimum absolute atomic E-state index is 0.0377. The first-order valence-corrected chi connectivity index (χ1v) is 10.8. The number of carboxylic acids is 1. The van der Waals surface area contributed by atoms with Crippen LogP contribution in [0.1, 0.15) is 16.1 Å². The Balaban J connectivity index is 0.000000198. The van der Waals surface area contributed by atoms with Crippen LogP contribution in [0.4, 0.5) is 11.9 Å². The molecule has 0 aliphatic rings. The lowest BCUT2D eigenvalue weighted by atomic mass is 10.2. The summed E-state index contributed by atoms with van der Waals surface area (Å²) in [5, 5.41) is 15.1. The van der Waals surface area contributed by atoms with Crippen LogP contribution >= 0.6 is 23.2 Å². The zero-order valence-electron chi connectivity index (χ0n) is 18.2. The summed E-state index contributed by atoms with van der Waals surface area (Å²) in [5.41, 5.74) is 11.9. The zero-order valence-corrected chi connectivity index (χ0v) is 19.7. The van der Waals surface area contributed by atoms with E-state index < -0.39 is 5.97 Å². The van der Waals surface area contributed by atoms with E-state index >= 15 is 0 Å². The van der Waals surface area contributed by atoms with Crippen LogP contribution in [0.3, 0.4) is 0 Å².